The minimum absolute atomic E-state index is 0.148. The van der Waals surface area contributed by atoms with Crippen molar-refractivity contribution in [1.29, 1.82) is 0 Å². The molecule has 1 N–H and O–H groups in total. The van der Waals surface area contributed by atoms with Crippen LogP contribution in [-0.4, -0.2) is 23.4 Å². The monoisotopic (exact) mass is 256 g/mol. The van der Waals surface area contributed by atoms with E-state index < -0.39 is 5.54 Å². The van der Waals surface area contributed by atoms with Crippen LogP contribution in [0.1, 0.15) is 24.5 Å². The zero-order chi connectivity index (χ0) is 13.6. The van der Waals surface area contributed by atoms with E-state index in [4.69, 9.17) is 0 Å². The van der Waals surface area contributed by atoms with Gasteiger partial charge in [0, 0.05) is 0 Å². The summed E-state index contributed by atoms with van der Waals surface area (Å²) in [6.07, 6.45) is 1.46. The van der Waals surface area contributed by atoms with Gasteiger partial charge in [-0.3, -0.25) is 9.69 Å². The molecule has 1 saturated heterocycles. The summed E-state index contributed by atoms with van der Waals surface area (Å²) in [4.78, 5) is 26.0. The summed E-state index contributed by atoms with van der Waals surface area (Å²) < 4.78 is 0. The number of nitrogens with one attached hydrogen (secondary N) is 1. The molecule has 2 aliphatic rings. The molecule has 0 bridgehead atoms. The quantitative estimate of drug-likeness (QED) is 0.649. The zero-order valence-electron chi connectivity index (χ0n) is 10.9. The van der Waals surface area contributed by atoms with E-state index in [1.807, 2.05) is 31.2 Å². The first-order valence-corrected chi connectivity index (χ1v) is 6.41. The van der Waals surface area contributed by atoms with Gasteiger partial charge in [0.1, 0.15) is 5.54 Å². The van der Waals surface area contributed by atoms with Crippen LogP contribution in [0.15, 0.2) is 36.4 Å². The summed E-state index contributed by atoms with van der Waals surface area (Å²) in [6, 6.07) is 7.51. The molecule has 4 heteroatoms. The Labute approximate surface area is 112 Å². The Morgan fingerprint density at radius 2 is 2.16 bits per heavy atom. The van der Waals surface area contributed by atoms with Crippen molar-refractivity contribution in [3.8, 4) is 0 Å². The second kappa shape index (κ2) is 3.95. The van der Waals surface area contributed by atoms with Crippen molar-refractivity contribution in [3.63, 3.8) is 0 Å². The highest BCUT2D eigenvalue weighted by atomic mass is 16.2. The predicted molar refractivity (Wildman–Crippen MR) is 71.5 cm³/mol. The van der Waals surface area contributed by atoms with E-state index in [-0.39, 0.29) is 18.5 Å². The Bertz CT molecular complexity index is 594. The molecule has 0 radical (unpaired) electrons. The van der Waals surface area contributed by atoms with E-state index in [1.165, 1.54) is 4.90 Å². The molecular weight excluding hydrogens is 240 g/mol. The summed E-state index contributed by atoms with van der Waals surface area (Å²) >= 11 is 0. The lowest BCUT2D eigenvalue weighted by atomic mass is 9.92. The second-order valence-corrected chi connectivity index (χ2v) is 5.34. The Kier molecular flexibility index (Phi) is 2.49. The van der Waals surface area contributed by atoms with Crippen molar-refractivity contribution in [3.05, 3.63) is 47.5 Å². The van der Waals surface area contributed by atoms with Crippen LogP contribution in [0.4, 0.5) is 4.79 Å². The molecule has 1 aliphatic carbocycles. The van der Waals surface area contributed by atoms with E-state index in [0.29, 0.717) is 6.42 Å². The van der Waals surface area contributed by atoms with Gasteiger partial charge in [0.05, 0.1) is 6.54 Å². The van der Waals surface area contributed by atoms with Crippen molar-refractivity contribution >= 4 is 11.9 Å². The van der Waals surface area contributed by atoms with Gasteiger partial charge < -0.3 is 5.32 Å². The summed E-state index contributed by atoms with van der Waals surface area (Å²) in [5, 5.41) is 2.89. The lowest BCUT2D eigenvalue weighted by Gasteiger charge is -2.22. The summed E-state index contributed by atoms with van der Waals surface area (Å²) in [6.45, 7) is 5.87. The fourth-order valence-corrected chi connectivity index (χ4v) is 3.00. The van der Waals surface area contributed by atoms with E-state index >= 15 is 0 Å². The van der Waals surface area contributed by atoms with Crippen molar-refractivity contribution in [1.82, 2.24) is 10.2 Å². The number of hydrogen-bond acceptors (Lipinski definition) is 2. The Morgan fingerprint density at radius 1 is 1.42 bits per heavy atom. The van der Waals surface area contributed by atoms with E-state index in [2.05, 4.69) is 11.9 Å². The molecule has 1 aromatic rings. The van der Waals surface area contributed by atoms with Crippen LogP contribution in [0.5, 0.6) is 0 Å². The highest BCUT2D eigenvalue weighted by Crippen LogP contribution is 2.41. The van der Waals surface area contributed by atoms with Gasteiger partial charge >= 0.3 is 6.03 Å². The topological polar surface area (TPSA) is 49.4 Å². The number of carbonyl (C=O) groups excluding carboxylic acids is 2. The Morgan fingerprint density at radius 3 is 2.89 bits per heavy atom. The molecule has 3 rings (SSSR count). The maximum atomic E-state index is 12.6. The van der Waals surface area contributed by atoms with Crippen LogP contribution in [-0.2, 0) is 16.8 Å². The maximum Gasteiger partial charge on any atom is 0.325 e. The van der Waals surface area contributed by atoms with Crippen LogP contribution < -0.4 is 5.32 Å². The first kappa shape index (κ1) is 12.0. The zero-order valence-corrected chi connectivity index (χ0v) is 10.9. The summed E-state index contributed by atoms with van der Waals surface area (Å²) in [5.41, 5.74) is 2.04. The van der Waals surface area contributed by atoms with Gasteiger partial charge in [-0.1, -0.05) is 36.4 Å². The minimum atomic E-state index is -0.844. The van der Waals surface area contributed by atoms with Gasteiger partial charge in [-0.05, 0) is 30.9 Å². The van der Waals surface area contributed by atoms with Crippen LogP contribution in [0.25, 0.3) is 0 Å². The molecule has 3 amide bonds. The standard InChI is InChI=1S/C15H16N2O2/c1-10(2)9-17-13(18)15(16-14(17)19)8-7-11-5-3-4-6-12(11)15/h3-6H,1,7-9H2,2H3,(H,16,19). The number of hydrogen-bond donors (Lipinski definition) is 1. The lowest BCUT2D eigenvalue weighted by molar-refractivity contribution is -0.131. The third-order valence-corrected chi connectivity index (χ3v) is 3.85. The van der Waals surface area contributed by atoms with E-state index in [9.17, 15) is 9.59 Å². The average Bonchev–Trinajstić information content (AvgIpc) is 2.85. The molecular formula is C15H16N2O2. The van der Waals surface area contributed by atoms with Crippen molar-refractivity contribution < 1.29 is 9.59 Å². The average molecular weight is 256 g/mol. The normalized spacial score (nSPS) is 24.8. The van der Waals surface area contributed by atoms with Gasteiger partial charge in [0.15, 0.2) is 0 Å². The number of fused-ring (bicyclic) bond motifs is 2. The van der Waals surface area contributed by atoms with Crippen LogP contribution >= 0.6 is 0 Å². The molecule has 1 spiro atoms. The number of amides is 3. The van der Waals surface area contributed by atoms with Crippen molar-refractivity contribution in [2.75, 3.05) is 6.54 Å². The highest BCUT2D eigenvalue weighted by Gasteiger charge is 2.54. The predicted octanol–water partition coefficient (Wildman–Crippen LogP) is 1.96. The maximum absolute atomic E-state index is 12.6. The second-order valence-electron chi connectivity index (χ2n) is 5.34. The fourth-order valence-electron chi connectivity index (χ4n) is 3.00. The van der Waals surface area contributed by atoms with Crippen LogP contribution in [0.3, 0.4) is 0 Å². The van der Waals surface area contributed by atoms with Gasteiger partial charge in [0.2, 0.25) is 0 Å². The molecule has 1 heterocycles. The largest absolute Gasteiger partial charge is 0.325 e. The Balaban J connectivity index is 2.02. The molecule has 0 saturated carbocycles. The number of carbonyl (C=O) groups is 2. The minimum Gasteiger partial charge on any atom is -0.319 e. The van der Waals surface area contributed by atoms with Gasteiger partial charge in [-0.25, -0.2) is 4.79 Å². The van der Waals surface area contributed by atoms with Crippen LogP contribution in [0.2, 0.25) is 0 Å². The third-order valence-electron chi connectivity index (χ3n) is 3.85. The molecule has 1 aromatic carbocycles. The molecule has 98 valence electrons. The van der Waals surface area contributed by atoms with Gasteiger partial charge in [-0.2, -0.15) is 0 Å². The smallest absolute Gasteiger partial charge is 0.319 e. The number of nitrogens with zero attached hydrogens (tertiary/aromatic N) is 1. The molecule has 1 unspecified atom stereocenters. The molecule has 1 fully saturated rings. The fraction of sp³-hybridized carbons (Fsp3) is 0.333. The SMILES string of the molecule is C=C(C)CN1C(=O)NC2(CCc3ccccc32)C1=O. The third kappa shape index (κ3) is 1.59. The first-order valence-electron chi connectivity index (χ1n) is 6.41. The lowest BCUT2D eigenvalue weighted by Crippen LogP contribution is -2.42. The van der Waals surface area contributed by atoms with E-state index in [1.54, 1.807) is 0 Å². The van der Waals surface area contributed by atoms with Crippen molar-refractivity contribution in [2.24, 2.45) is 0 Å². The van der Waals surface area contributed by atoms with Crippen molar-refractivity contribution in [2.45, 2.75) is 25.3 Å². The number of imide groups is 1. The summed E-state index contributed by atoms with van der Waals surface area (Å²) in [5.74, 6) is -0.148. The summed E-state index contributed by atoms with van der Waals surface area (Å²) in [7, 11) is 0. The highest BCUT2D eigenvalue weighted by molar-refractivity contribution is 6.08. The molecule has 4 nitrogen and oxygen atoms in total. The van der Waals surface area contributed by atoms with Crippen LogP contribution in [0, 0.1) is 0 Å². The number of rotatable bonds is 2. The Hall–Kier alpha value is -2.10. The molecule has 19 heavy (non-hydrogen) atoms. The van der Waals surface area contributed by atoms with Gasteiger partial charge in [-0.15, -0.1) is 0 Å². The number of urea groups is 1. The molecule has 1 atom stereocenters. The molecule has 0 aromatic heterocycles. The first-order chi connectivity index (χ1) is 9.04. The molecule has 1 aliphatic heterocycles. The number of benzene rings is 1. The van der Waals surface area contributed by atoms with E-state index in [0.717, 1.165) is 23.1 Å². The van der Waals surface area contributed by atoms with Gasteiger partial charge in [0.25, 0.3) is 5.91 Å². The number of aryl methyl sites for hydroxylation is 1.